The van der Waals surface area contributed by atoms with Gasteiger partial charge in [0.1, 0.15) is 6.07 Å². The van der Waals surface area contributed by atoms with Crippen molar-refractivity contribution >= 4 is 40.9 Å². The van der Waals surface area contributed by atoms with Gasteiger partial charge in [-0.3, -0.25) is 9.59 Å². The van der Waals surface area contributed by atoms with Gasteiger partial charge in [0.15, 0.2) is 6.10 Å². The molecule has 134 valence electrons. The van der Waals surface area contributed by atoms with Gasteiger partial charge in [-0.1, -0.05) is 29.8 Å². The number of thioether (sulfide) groups is 1. The monoisotopic (exact) mass is 388 g/mol. The van der Waals surface area contributed by atoms with Crippen LogP contribution in [0.3, 0.4) is 0 Å². The molecule has 0 bridgehead atoms. The van der Waals surface area contributed by atoms with E-state index in [0.29, 0.717) is 11.3 Å². The van der Waals surface area contributed by atoms with Crippen LogP contribution in [0.5, 0.6) is 0 Å². The molecule has 0 unspecified atom stereocenters. The lowest BCUT2D eigenvalue weighted by Gasteiger charge is -2.14. The summed E-state index contributed by atoms with van der Waals surface area (Å²) >= 11 is 7.29. The van der Waals surface area contributed by atoms with E-state index in [-0.39, 0.29) is 10.8 Å². The molecular weight excluding hydrogens is 372 g/mol. The van der Waals surface area contributed by atoms with Gasteiger partial charge in [-0.25, -0.2) is 0 Å². The van der Waals surface area contributed by atoms with E-state index >= 15 is 0 Å². The Morgan fingerprint density at radius 2 is 2.04 bits per heavy atom. The van der Waals surface area contributed by atoms with Crippen molar-refractivity contribution in [2.24, 2.45) is 0 Å². The molecule has 0 spiro atoms. The van der Waals surface area contributed by atoms with Crippen LogP contribution in [0.25, 0.3) is 0 Å². The highest BCUT2D eigenvalue weighted by Gasteiger charge is 2.18. The maximum atomic E-state index is 12.1. The van der Waals surface area contributed by atoms with Crippen LogP contribution in [-0.2, 0) is 14.3 Å². The number of carbonyl (C=O) groups is 2. The van der Waals surface area contributed by atoms with Crippen LogP contribution in [0, 0.1) is 18.3 Å². The standard InChI is InChI=1S/C19H17ClN2O3S/c1-12-5-3-4-6-17(12)26-11-18(23)25-13(2)19(24)22-15-8-7-14(10-21)16(20)9-15/h3-9,13H,11H2,1-2H3,(H,22,24)/t13-/m1/s1. The predicted molar refractivity (Wildman–Crippen MR) is 102 cm³/mol. The molecule has 1 atom stereocenters. The van der Waals surface area contributed by atoms with Crippen molar-refractivity contribution in [2.45, 2.75) is 24.8 Å². The van der Waals surface area contributed by atoms with Crippen molar-refractivity contribution in [3.05, 3.63) is 58.6 Å². The molecule has 2 rings (SSSR count). The Morgan fingerprint density at radius 3 is 2.69 bits per heavy atom. The predicted octanol–water partition coefficient (Wildman–Crippen LogP) is 4.18. The van der Waals surface area contributed by atoms with E-state index in [2.05, 4.69) is 5.32 Å². The number of anilines is 1. The summed E-state index contributed by atoms with van der Waals surface area (Å²) in [6.45, 7) is 3.46. The van der Waals surface area contributed by atoms with Gasteiger partial charge in [-0.15, -0.1) is 11.8 Å². The zero-order valence-corrected chi connectivity index (χ0v) is 15.9. The number of hydrogen-bond donors (Lipinski definition) is 1. The molecule has 0 aromatic heterocycles. The Morgan fingerprint density at radius 1 is 1.31 bits per heavy atom. The molecule has 1 N–H and O–H groups in total. The fourth-order valence-electron chi connectivity index (χ4n) is 2.07. The van der Waals surface area contributed by atoms with E-state index in [1.165, 1.54) is 30.8 Å². The normalized spacial score (nSPS) is 11.3. The molecule has 0 heterocycles. The van der Waals surface area contributed by atoms with Gasteiger partial charge >= 0.3 is 5.97 Å². The molecule has 0 radical (unpaired) electrons. The van der Waals surface area contributed by atoms with Crippen LogP contribution in [0.2, 0.25) is 5.02 Å². The molecule has 0 aliphatic heterocycles. The summed E-state index contributed by atoms with van der Waals surface area (Å²) in [4.78, 5) is 25.1. The number of rotatable bonds is 6. The Kier molecular flexibility index (Phi) is 7.07. The third kappa shape index (κ3) is 5.51. The van der Waals surface area contributed by atoms with Crippen molar-refractivity contribution in [1.29, 1.82) is 5.26 Å². The minimum atomic E-state index is -0.950. The second kappa shape index (κ2) is 9.27. The molecule has 0 saturated carbocycles. The molecule has 0 aliphatic carbocycles. The molecule has 26 heavy (non-hydrogen) atoms. The highest BCUT2D eigenvalue weighted by molar-refractivity contribution is 8.00. The minimum Gasteiger partial charge on any atom is -0.452 e. The molecular formula is C19H17ClN2O3S. The van der Waals surface area contributed by atoms with E-state index in [0.717, 1.165) is 10.5 Å². The number of ether oxygens (including phenoxy) is 1. The van der Waals surface area contributed by atoms with Crippen molar-refractivity contribution in [1.82, 2.24) is 0 Å². The van der Waals surface area contributed by atoms with Crippen LogP contribution >= 0.6 is 23.4 Å². The van der Waals surface area contributed by atoms with E-state index in [1.807, 2.05) is 37.3 Å². The Labute approximate surface area is 161 Å². The molecule has 0 aliphatic rings. The number of carbonyl (C=O) groups excluding carboxylic acids is 2. The van der Waals surface area contributed by atoms with Gasteiger partial charge < -0.3 is 10.1 Å². The lowest BCUT2D eigenvalue weighted by Crippen LogP contribution is -2.30. The zero-order valence-electron chi connectivity index (χ0n) is 14.3. The summed E-state index contributed by atoms with van der Waals surface area (Å²) in [5.74, 6) is -0.829. The Bertz CT molecular complexity index is 864. The quantitative estimate of drug-likeness (QED) is 0.593. The first kappa shape index (κ1) is 19.8. The summed E-state index contributed by atoms with van der Waals surface area (Å²) in [5, 5.41) is 11.7. The van der Waals surface area contributed by atoms with Gasteiger partial charge in [-0.2, -0.15) is 5.26 Å². The highest BCUT2D eigenvalue weighted by Crippen LogP contribution is 2.22. The van der Waals surface area contributed by atoms with Crippen molar-refractivity contribution in [3.63, 3.8) is 0 Å². The molecule has 0 fully saturated rings. The van der Waals surface area contributed by atoms with Crippen LogP contribution < -0.4 is 5.32 Å². The number of halogens is 1. The topological polar surface area (TPSA) is 79.2 Å². The molecule has 1 amide bonds. The fraction of sp³-hybridized carbons (Fsp3) is 0.211. The summed E-state index contributed by atoms with van der Waals surface area (Å²) in [6, 6.07) is 14.2. The molecule has 0 saturated heterocycles. The Hall–Kier alpha value is -2.49. The van der Waals surface area contributed by atoms with Crippen molar-refractivity contribution < 1.29 is 14.3 Å². The number of nitrogens with one attached hydrogen (secondary N) is 1. The van der Waals surface area contributed by atoms with Gasteiger partial charge in [0.25, 0.3) is 5.91 Å². The Balaban J connectivity index is 1.86. The third-order valence-corrected chi connectivity index (χ3v) is 4.94. The maximum Gasteiger partial charge on any atom is 0.317 e. The van der Waals surface area contributed by atoms with Crippen molar-refractivity contribution in [3.8, 4) is 6.07 Å². The summed E-state index contributed by atoms with van der Waals surface area (Å²) in [6.07, 6.45) is -0.950. The van der Waals surface area contributed by atoms with Gasteiger partial charge in [0.05, 0.1) is 16.3 Å². The van der Waals surface area contributed by atoms with Crippen LogP contribution in [0.1, 0.15) is 18.1 Å². The van der Waals surface area contributed by atoms with E-state index in [4.69, 9.17) is 21.6 Å². The maximum absolute atomic E-state index is 12.1. The average Bonchev–Trinajstić information content (AvgIpc) is 2.61. The van der Waals surface area contributed by atoms with Crippen LogP contribution in [-0.4, -0.2) is 23.7 Å². The molecule has 2 aromatic carbocycles. The van der Waals surface area contributed by atoms with E-state index < -0.39 is 18.0 Å². The fourth-order valence-corrected chi connectivity index (χ4v) is 3.10. The number of aryl methyl sites for hydroxylation is 1. The van der Waals surface area contributed by atoms with Crippen LogP contribution in [0.4, 0.5) is 5.69 Å². The number of benzene rings is 2. The SMILES string of the molecule is Cc1ccccc1SCC(=O)O[C@H](C)C(=O)Nc1ccc(C#N)c(Cl)c1. The first-order chi connectivity index (χ1) is 12.4. The number of amides is 1. The summed E-state index contributed by atoms with van der Waals surface area (Å²) in [7, 11) is 0. The minimum absolute atomic E-state index is 0.116. The lowest BCUT2D eigenvalue weighted by atomic mass is 10.2. The number of nitriles is 1. The second-order valence-electron chi connectivity index (χ2n) is 5.48. The van der Waals surface area contributed by atoms with Crippen molar-refractivity contribution in [2.75, 3.05) is 11.1 Å². The average molecular weight is 389 g/mol. The number of hydrogen-bond acceptors (Lipinski definition) is 5. The van der Waals surface area contributed by atoms with Crippen LogP contribution in [0.15, 0.2) is 47.4 Å². The lowest BCUT2D eigenvalue weighted by molar-refractivity contribution is -0.150. The third-order valence-electron chi connectivity index (χ3n) is 3.47. The highest BCUT2D eigenvalue weighted by atomic mass is 35.5. The van der Waals surface area contributed by atoms with E-state index in [9.17, 15) is 9.59 Å². The van der Waals surface area contributed by atoms with Gasteiger partial charge in [-0.05, 0) is 43.7 Å². The van der Waals surface area contributed by atoms with Gasteiger partial charge in [0.2, 0.25) is 0 Å². The zero-order chi connectivity index (χ0) is 19.1. The summed E-state index contributed by atoms with van der Waals surface area (Å²) in [5.41, 5.74) is 1.82. The molecule has 7 heteroatoms. The molecule has 2 aromatic rings. The number of esters is 1. The van der Waals surface area contributed by atoms with Gasteiger partial charge in [0, 0.05) is 10.6 Å². The summed E-state index contributed by atoms with van der Waals surface area (Å²) < 4.78 is 5.16. The molecule has 5 nitrogen and oxygen atoms in total. The largest absolute Gasteiger partial charge is 0.452 e. The van der Waals surface area contributed by atoms with E-state index in [1.54, 1.807) is 6.07 Å². The number of nitrogens with zero attached hydrogens (tertiary/aromatic N) is 1. The first-order valence-corrected chi connectivity index (χ1v) is 9.15. The smallest absolute Gasteiger partial charge is 0.317 e. The second-order valence-corrected chi connectivity index (χ2v) is 6.91. The first-order valence-electron chi connectivity index (χ1n) is 7.79.